The normalized spacial score (nSPS) is 12.3. The first-order valence-electron chi connectivity index (χ1n) is 7.46. The number of para-hydroxylation sites is 1. The zero-order chi connectivity index (χ0) is 16.4. The van der Waals surface area contributed by atoms with E-state index in [1.165, 1.54) is 0 Å². The van der Waals surface area contributed by atoms with E-state index in [-0.39, 0.29) is 5.91 Å². The minimum Gasteiger partial charge on any atom is -0.331 e. The fourth-order valence-electron chi connectivity index (χ4n) is 2.54. The van der Waals surface area contributed by atoms with Crippen LogP contribution in [0.25, 0.3) is 5.69 Å². The second-order valence-electron chi connectivity index (χ2n) is 5.24. The summed E-state index contributed by atoms with van der Waals surface area (Å²) in [6, 6.07) is 12.9. The molecule has 1 aliphatic rings. The Kier molecular flexibility index (Phi) is 3.51. The highest BCUT2D eigenvalue weighted by molar-refractivity contribution is 6.05. The molecule has 0 atom stereocenters. The highest BCUT2D eigenvalue weighted by Gasteiger charge is 2.20. The Hall–Kier alpha value is -3.48. The van der Waals surface area contributed by atoms with Crippen LogP contribution in [-0.4, -0.2) is 27.0 Å². The summed E-state index contributed by atoms with van der Waals surface area (Å²) < 4.78 is 1.67. The third-order valence-corrected chi connectivity index (χ3v) is 3.66. The summed E-state index contributed by atoms with van der Waals surface area (Å²) in [7, 11) is 0. The molecule has 7 nitrogen and oxygen atoms in total. The summed E-state index contributed by atoms with van der Waals surface area (Å²) in [4.78, 5) is 21.0. The Morgan fingerprint density at radius 2 is 2.04 bits per heavy atom. The number of hydrogen-bond donors (Lipinski definition) is 2. The van der Waals surface area contributed by atoms with Gasteiger partial charge in [0, 0.05) is 17.4 Å². The van der Waals surface area contributed by atoms with Gasteiger partial charge in [-0.25, -0.2) is 9.67 Å². The lowest BCUT2D eigenvalue weighted by Gasteiger charge is -2.14. The number of anilines is 2. The maximum Gasteiger partial charge on any atom is 0.276 e. The first-order valence-corrected chi connectivity index (χ1v) is 7.46. The number of pyridine rings is 1. The predicted molar refractivity (Wildman–Crippen MR) is 91.6 cm³/mol. The summed E-state index contributed by atoms with van der Waals surface area (Å²) in [6.45, 7) is 0.564. The molecule has 4 rings (SSSR count). The largest absolute Gasteiger partial charge is 0.331 e. The summed E-state index contributed by atoms with van der Waals surface area (Å²) >= 11 is 0. The van der Waals surface area contributed by atoms with E-state index in [0.717, 1.165) is 11.4 Å². The molecule has 0 spiro atoms. The van der Waals surface area contributed by atoms with Gasteiger partial charge in [-0.3, -0.25) is 9.79 Å². The monoisotopic (exact) mass is 318 g/mol. The fraction of sp³-hybridized carbons (Fsp3) is 0.0588. The molecule has 3 aromatic rings. The van der Waals surface area contributed by atoms with Crippen molar-refractivity contribution in [3.05, 3.63) is 66.1 Å². The number of nitrogens with zero attached hydrogens (tertiary/aromatic N) is 4. The molecule has 0 radical (unpaired) electrons. The van der Waals surface area contributed by atoms with Crippen molar-refractivity contribution < 1.29 is 4.79 Å². The molecule has 1 aromatic carbocycles. The van der Waals surface area contributed by atoms with Crippen molar-refractivity contribution in [2.75, 3.05) is 10.6 Å². The molecule has 0 saturated heterocycles. The van der Waals surface area contributed by atoms with Gasteiger partial charge in [0.25, 0.3) is 5.91 Å². The third-order valence-electron chi connectivity index (χ3n) is 3.66. The summed E-state index contributed by atoms with van der Waals surface area (Å²) in [5.74, 6) is 0.511. The topological polar surface area (TPSA) is 84.2 Å². The van der Waals surface area contributed by atoms with E-state index in [0.29, 0.717) is 23.6 Å². The Morgan fingerprint density at radius 1 is 1.17 bits per heavy atom. The van der Waals surface area contributed by atoms with Crippen molar-refractivity contribution in [2.45, 2.75) is 6.54 Å². The second-order valence-corrected chi connectivity index (χ2v) is 5.24. The van der Waals surface area contributed by atoms with E-state index < -0.39 is 0 Å². The first-order chi connectivity index (χ1) is 11.8. The molecule has 3 heterocycles. The molecule has 2 N–H and O–H groups in total. The van der Waals surface area contributed by atoms with Crippen LogP contribution in [-0.2, 0) is 6.54 Å². The van der Waals surface area contributed by atoms with Gasteiger partial charge in [-0.05, 0) is 24.3 Å². The van der Waals surface area contributed by atoms with Gasteiger partial charge in [0.05, 0.1) is 24.8 Å². The van der Waals surface area contributed by atoms with Gasteiger partial charge >= 0.3 is 0 Å². The van der Waals surface area contributed by atoms with Gasteiger partial charge in [0.15, 0.2) is 5.69 Å². The molecule has 0 fully saturated rings. The molecule has 1 amide bonds. The maximum absolute atomic E-state index is 12.6. The van der Waals surface area contributed by atoms with Crippen molar-refractivity contribution in [1.82, 2.24) is 14.8 Å². The number of aromatic nitrogens is 3. The van der Waals surface area contributed by atoms with Gasteiger partial charge in [-0.1, -0.05) is 18.2 Å². The van der Waals surface area contributed by atoms with Crippen LogP contribution in [0.4, 0.5) is 11.5 Å². The summed E-state index contributed by atoms with van der Waals surface area (Å²) in [6.07, 6.45) is 4.96. The highest BCUT2D eigenvalue weighted by Crippen LogP contribution is 2.24. The predicted octanol–water partition coefficient (Wildman–Crippen LogP) is 2.47. The molecule has 118 valence electrons. The fourth-order valence-corrected chi connectivity index (χ4v) is 2.54. The number of aliphatic imine (C=N–C) groups is 1. The average Bonchev–Trinajstić information content (AvgIpc) is 3.06. The van der Waals surface area contributed by atoms with Crippen LogP contribution in [0.2, 0.25) is 0 Å². The zero-order valence-electron chi connectivity index (χ0n) is 12.7. The Bertz CT molecular complexity index is 916. The van der Waals surface area contributed by atoms with Crippen LogP contribution in [0.15, 0.2) is 59.9 Å². The van der Waals surface area contributed by atoms with Gasteiger partial charge in [0.1, 0.15) is 5.82 Å². The molecular formula is C17H14N6O. The maximum atomic E-state index is 12.6. The van der Waals surface area contributed by atoms with Crippen molar-refractivity contribution >= 4 is 23.8 Å². The van der Waals surface area contributed by atoms with E-state index >= 15 is 0 Å². The zero-order valence-corrected chi connectivity index (χ0v) is 12.7. The van der Waals surface area contributed by atoms with E-state index in [9.17, 15) is 4.79 Å². The number of rotatable bonds is 3. The van der Waals surface area contributed by atoms with Gasteiger partial charge in [-0.15, -0.1) is 0 Å². The van der Waals surface area contributed by atoms with Crippen LogP contribution < -0.4 is 10.6 Å². The van der Waals surface area contributed by atoms with Crippen molar-refractivity contribution in [2.24, 2.45) is 4.99 Å². The van der Waals surface area contributed by atoms with E-state index in [1.54, 1.807) is 29.5 Å². The standard InChI is InChI=1S/C17H14N6O/c24-17(22-13-5-2-1-3-6-13)15-14(7-4-8-19-15)23-16-12(10-21-23)9-18-11-20-16/h1-8,10-11H,9H2,(H,18,20)(H,22,24). The molecule has 0 aliphatic carbocycles. The van der Waals surface area contributed by atoms with Crippen LogP contribution in [0.3, 0.4) is 0 Å². The second kappa shape index (κ2) is 5.96. The lowest BCUT2D eigenvalue weighted by Crippen LogP contribution is -2.18. The van der Waals surface area contributed by atoms with Crippen molar-refractivity contribution in [3.8, 4) is 5.69 Å². The Balaban J connectivity index is 1.71. The molecule has 0 unspecified atom stereocenters. The van der Waals surface area contributed by atoms with Crippen molar-refractivity contribution in [1.29, 1.82) is 0 Å². The number of hydrogen-bond acceptors (Lipinski definition) is 5. The number of benzene rings is 1. The Labute approximate surface area is 138 Å². The molecule has 1 aliphatic heterocycles. The number of carbonyl (C=O) groups is 1. The minimum absolute atomic E-state index is 0.287. The average molecular weight is 318 g/mol. The first kappa shape index (κ1) is 14.1. The van der Waals surface area contributed by atoms with Crippen LogP contribution in [0, 0.1) is 0 Å². The van der Waals surface area contributed by atoms with Crippen molar-refractivity contribution in [3.63, 3.8) is 0 Å². The van der Waals surface area contributed by atoms with Crippen LogP contribution in [0.5, 0.6) is 0 Å². The molecular weight excluding hydrogens is 304 g/mol. The number of fused-ring (bicyclic) bond motifs is 1. The smallest absolute Gasteiger partial charge is 0.276 e. The van der Waals surface area contributed by atoms with Gasteiger partial charge in [0.2, 0.25) is 0 Å². The van der Waals surface area contributed by atoms with E-state index in [2.05, 4.69) is 25.7 Å². The van der Waals surface area contributed by atoms with Crippen LogP contribution in [0.1, 0.15) is 16.1 Å². The van der Waals surface area contributed by atoms with Crippen LogP contribution >= 0.6 is 0 Å². The number of amides is 1. The van der Waals surface area contributed by atoms with Gasteiger partial charge in [-0.2, -0.15) is 5.10 Å². The molecule has 24 heavy (non-hydrogen) atoms. The molecule has 0 bridgehead atoms. The molecule has 0 saturated carbocycles. The highest BCUT2D eigenvalue weighted by atomic mass is 16.1. The molecule has 2 aromatic heterocycles. The Morgan fingerprint density at radius 3 is 2.92 bits per heavy atom. The lowest BCUT2D eigenvalue weighted by atomic mass is 10.2. The minimum atomic E-state index is -0.287. The summed E-state index contributed by atoms with van der Waals surface area (Å²) in [5, 5.41) is 10.3. The quantitative estimate of drug-likeness (QED) is 0.777. The number of nitrogens with one attached hydrogen (secondary N) is 2. The van der Waals surface area contributed by atoms with E-state index in [4.69, 9.17) is 0 Å². The summed E-state index contributed by atoms with van der Waals surface area (Å²) in [5.41, 5.74) is 2.59. The van der Waals surface area contributed by atoms with E-state index in [1.807, 2.05) is 36.4 Å². The lowest BCUT2D eigenvalue weighted by molar-refractivity contribution is 0.102. The van der Waals surface area contributed by atoms with Gasteiger partial charge < -0.3 is 10.6 Å². The third kappa shape index (κ3) is 2.52. The number of carbonyl (C=O) groups excluding carboxylic acids is 1. The molecule has 7 heteroatoms. The SMILES string of the molecule is O=C(Nc1ccccc1)c1ncccc1-n1ncc2c1NC=NC2.